The fraction of sp³-hybridized carbons (Fsp3) is 0.200. The molecule has 0 saturated carbocycles. The fourth-order valence-corrected chi connectivity index (χ4v) is 2.83. The maximum Gasteiger partial charge on any atom is 0.205 e. The maximum atomic E-state index is 5.54. The molecule has 1 aromatic heterocycles. The molecular formula is C20H25N7. The molecule has 140 valence electrons. The standard InChI is InChI=1S/C20H25N7/c1-12(2)19(27-21)11-24-20-25-16-8-6-14(10-18(16)26-20)13-5-7-15(22-3)17(9-13)23-4/h5-12,23,27H,3,21H2,1-2,4H3,(H2,24,25,26)/b19-11-. The van der Waals surface area contributed by atoms with E-state index in [0.29, 0.717) is 5.95 Å². The van der Waals surface area contributed by atoms with Crippen LogP contribution >= 0.6 is 0 Å². The van der Waals surface area contributed by atoms with Crippen molar-refractivity contribution in [1.82, 2.24) is 15.4 Å². The third-order valence-electron chi connectivity index (χ3n) is 4.40. The van der Waals surface area contributed by atoms with Crippen LogP contribution in [0.2, 0.25) is 0 Å². The van der Waals surface area contributed by atoms with E-state index in [0.717, 1.165) is 39.2 Å². The molecule has 0 aliphatic heterocycles. The zero-order valence-electron chi connectivity index (χ0n) is 15.8. The molecule has 0 aliphatic rings. The summed E-state index contributed by atoms with van der Waals surface area (Å²) < 4.78 is 0. The van der Waals surface area contributed by atoms with E-state index < -0.39 is 0 Å². The van der Waals surface area contributed by atoms with Crippen molar-refractivity contribution in [2.75, 3.05) is 17.7 Å². The van der Waals surface area contributed by atoms with Gasteiger partial charge in [0.1, 0.15) is 0 Å². The van der Waals surface area contributed by atoms with Crippen LogP contribution in [0.25, 0.3) is 22.2 Å². The highest BCUT2D eigenvalue weighted by atomic mass is 15.2. The zero-order chi connectivity index (χ0) is 19.4. The first-order chi connectivity index (χ1) is 13.0. The number of fused-ring (bicyclic) bond motifs is 1. The van der Waals surface area contributed by atoms with Crippen LogP contribution in [0.15, 0.2) is 53.3 Å². The number of aromatic nitrogens is 2. The number of aliphatic imine (C=N–C) groups is 1. The zero-order valence-corrected chi connectivity index (χ0v) is 15.8. The number of hydrogen-bond acceptors (Lipinski definition) is 6. The Bertz CT molecular complexity index is 985. The van der Waals surface area contributed by atoms with Crippen LogP contribution in [0.3, 0.4) is 0 Å². The summed E-state index contributed by atoms with van der Waals surface area (Å²) in [5, 5.41) is 6.31. The molecule has 0 spiro atoms. The van der Waals surface area contributed by atoms with E-state index in [1.165, 1.54) is 0 Å². The molecule has 0 fully saturated rings. The summed E-state index contributed by atoms with van der Waals surface area (Å²) in [6.07, 6.45) is 1.82. The lowest BCUT2D eigenvalue weighted by Gasteiger charge is -2.09. The summed E-state index contributed by atoms with van der Waals surface area (Å²) >= 11 is 0. The summed E-state index contributed by atoms with van der Waals surface area (Å²) in [6, 6.07) is 12.2. The molecule has 3 rings (SSSR count). The number of aromatic amines is 1. The number of hydrogen-bond donors (Lipinski definition) is 5. The Morgan fingerprint density at radius 3 is 2.63 bits per heavy atom. The summed E-state index contributed by atoms with van der Waals surface area (Å²) in [4.78, 5) is 11.9. The van der Waals surface area contributed by atoms with Crippen molar-refractivity contribution in [3.63, 3.8) is 0 Å². The Hall–Kier alpha value is -3.32. The Morgan fingerprint density at radius 2 is 1.96 bits per heavy atom. The normalized spacial score (nSPS) is 11.7. The smallest absolute Gasteiger partial charge is 0.205 e. The quantitative estimate of drug-likeness (QED) is 0.248. The largest absolute Gasteiger partial charge is 0.386 e. The molecule has 0 bridgehead atoms. The van der Waals surface area contributed by atoms with Gasteiger partial charge in [0.2, 0.25) is 5.95 Å². The Kier molecular flexibility index (Phi) is 5.42. The predicted octanol–water partition coefficient (Wildman–Crippen LogP) is 3.98. The lowest BCUT2D eigenvalue weighted by atomic mass is 10.0. The van der Waals surface area contributed by atoms with E-state index in [1.807, 2.05) is 31.4 Å². The van der Waals surface area contributed by atoms with E-state index >= 15 is 0 Å². The number of rotatable bonds is 7. The van der Waals surface area contributed by atoms with Crippen molar-refractivity contribution < 1.29 is 0 Å². The molecule has 0 aliphatic carbocycles. The van der Waals surface area contributed by atoms with Crippen molar-refractivity contribution in [3.8, 4) is 11.1 Å². The van der Waals surface area contributed by atoms with Gasteiger partial charge in [-0.15, -0.1) is 0 Å². The van der Waals surface area contributed by atoms with Crippen molar-refractivity contribution in [2.24, 2.45) is 16.8 Å². The van der Waals surface area contributed by atoms with Crippen molar-refractivity contribution in [1.29, 1.82) is 0 Å². The van der Waals surface area contributed by atoms with Crippen LogP contribution in [0.5, 0.6) is 0 Å². The average Bonchev–Trinajstić information content (AvgIpc) is 3.09. The van der Waals surface area contributed by atoms with Crippen molar-refractivity contribution in [3.05, 3.63) is 48.3 Å². The van der Waals surface area contributed by atoms with E-state index in [-0.39, 0.29) is 5.92 Å². The summed E-state index contributed by atoms with van der Waals surface area (Å²) in [7, 11) is 1.87. The number of anilines is 2. The highest BCUT2D eigenvalue weighted by molar-refractivity contribution is 5.85. The predicted molar refractivity (Wildman–Crippen MR) is 114 cm³/mol. The van der Waals surface area contributed by atoms with Crippen molar-refractivity contribution in [2.45, 2.75) is 13.8 Å². The second kappa shape index (κ2) is 7.92. The van der Waals surface area contributed by atoms with Crippen molar-refractivity contribution >= 4 is 35.1 Å². The van der Waals surface area contributed by atoms with Gasteiger partial charge >= 0.3 is 0 Å². The molecule has 0 radical (unpaired) electrons. The lowest BCUT2D eigenvalue weighted by molar-refractivity contribution is 0.670. The molecule has 0 atom stereocenters. The minimum absolute atomic E-state index is 0.285. The summed E-state index contributed by atoms with van der Waals surface area (Å²) in [5.41, 5.74) is 9.38. The van der Waals surface area contributed by atoms with Gasteiger partial charge in [-0.25, -0.2) is 4.98 Å². The summed E-state index contributed by atoms with van der Waals surface area (Å²) in [6.45, 7) is 7.73. The van der Waals surface area contributed by atoms with Gasteiger partial charge in [0, 0.05) is 18.9 Å². The third-order valence-corrected chi connectivity index (χ3v) is 4.40. The molecule has 27 heavy (non-hydrogen) atoms. The molecule has 0 saturated heterocycles. The lowest BCUT2D eigenvalue weighted by Crippen LogP contribution is -2.25. The molecule has 7 heteroatoms. The molecule has 0 amide bonds. The highest BCUT2D eigenvalue weighted by Crippen LogP contribution is 2.31. The van der Waals surface area contributed by atoms with Crippen LogP contribution in [-0.2, 0) is 0 Å². The van der Waals surface area contributed by atoms with E-state index in [9.17, 15) is 0 Å². The highest BCUT2D eigenvalue weighted by Gasteiger charge is 2.07. The van der Waals surface area contributed by atoms with Gasteiger partial charge in [-0.2, -0.15) is 0 Å². The minimum atomic E-state index is 0.285. The van der Waals surface area contributed by atoms with E-state index in [4.69, 9.17) is 5.84 Å². The number of nitrogens with two attached hydrogens (primary N) is 1. The van der Waals surface area contributed by atoms with Gasteiger partial charge in [-0.05, 0) is 48.0 Å². The number of allylic oxidation sites excluding steroid dienone is 1. The first-order valence-electron chi connectivity index (χ1n) is 8.77. The first kappa shape index (κ1) is 18.5. The van der Waals surface area contributed by atoms with Crippen LogP contribution < -0.4 is 21.9 Å². The van der Waals surface area contributed by atoms with Gasteiger partial charge in [0.25, 0.3) is 0 Å². The second-order valence-electron chi connectivity index (χ2n) is 6.50. The molecule has 3 aromatic rings. The van der Waals surface area contributed by atoms with E-state index in [1.54, 1.807) is 0 Å². The Labute approximate surface area is 158 Å². The second-order valence-corrected chi connectivity index (χ2v) is 6.50. The van der Waals surface area contributed by atoms with Gasteiger partial charge < -0.3 is 21.0 Å². The maximum absolute atomic E-state index is 5.54. The SMILES string of the molecule is C=Nc1ccc(-c2ccc3nc(N/C=C(\NN)C(C)C)[nH]c3c2)cc1NC. The average molecular weight is 363 g/mol. The van der Waals surface area contributed by atoms with Gasteiger partial charge in [0.05, 0.1) is 22.4 Å². The molecule has 2 aromatic carbocycles. The fourth-order valence-electron chi connectivity index (χ4n) is 2.83. The van der Waals surface area contributed by atoms with E-state index in [2.05, 4.69) is 69.8 Å². The van der Waals surface area contributed by atoms with Crippen LogP contribution in [0.1, 0.15) is 13.8 Å². The van der Waals surface area contributed by atoms with Crippen LogP contribution in [0, 0.1) is 5.92 Å². The Balaban J connectivity index is 1.91. The monoisotopic (exact) mass is 363 g/mol. The molecule has 0 unspecified atom stereocenters. The molecular weight excluding hydrogens is 338 g/mol. The van der Waals surface area contributed by atoms with Crippen LogP contribution in [0.4, 0.5) is 17.3 Å². The number of imidazole rings is 1. The van der Waals surface area contributed by atoms with Gasteiger partial charge in [0.15, 0.2) is 0 Å². The topological polar surface area (TPSA) is 103 Å². The molecule has 1 heterocycles. The first-order valence-corrected chi connectivity index (χ1v) is 8.77. The number of benzene rings is 2. The summed E-state index contributed by atoms with van der Waals surface area (Å²) in [5.74, 6) is 6.49. The molecule has 6 N–H and O–H groups in total. The number of H-pyrrole nitrogens is 1. The number of hydrazine groups is 1. The molecule has 7 nitrogen and oxygen atoms in total. The minimum Gasteiger partial charge on any atom is -0.386 e. The third kappa shape index (κ3) is 3.93. The van der Waals surface area contributed by atoms with Gasteiger partial charge in [-0.1, -0.05) is 26.0 Å². The van der Waals surface area contributed by atoms with Gasteiger partial charge in [-0.3, -0.25) is 10.8 Å². The Morgan fingerprint density at radius 1 is 1.22 bits per heavy atom. The van der Waals surface area contributed by atoms with Crippen LogP contribution in [-0.4, -0.2) is 23.7 Å². The number of nitrogens with one attached hydrogen (secondary N) is 4. The number of nitrogens with zero attached hydrogens (tertiary/aromatic N) is 2.